The van der Waals surface area contributed by atoms with Crippen molar-refractivity contribution < 1.29 is 13.9 Å². The van der Waals surface area contributed by atoms with Crippen LogP contribution in [-0.2, 0) is 4.79 Å². The van der Waals surface area contributed by atoms with Crippen LogP contribution >= 0.6 is 0 Å². The second-order valence-electron chi connectivity index (χ2n) is 6.37. The fourth-order valence-electron chi connectivity index (χ4n) is 2.63. The minimum Gasteiger partial charge on any atom is -0.484 e. The van der Waals surface area contributed by atoms with E-state index < -0.39 is 0 Å². The molecule has 0 fully saturated rings. The molecule has 0 aliphatic rings. The van der Waals surface area contributed by atoms with Crippen molar-refractivity contribution in [3.05, 3.63) is 60.5 Å². The predicted molar refractivity (Wildman–Crippen MR) is 96.3 cm³/mol. The zero-order valence-electron chi connectivity index (χ0n) is 14.4. The molecular weight excluding hydrogens is 316 g/mol. The van der Waals surface area contributed by atoms with Gasteiger partial charge in [-0.1, -0.05) is 44.2 Å². The smallest absolute Gasteiger partial charge is 0.258 e. The molecule has 0 radical (unpaired) electrons. The van der Waals surface area contributed by atoms with Crippen LogP contribution < -0.4 is 10.1 Å². The highest BCUT2D eigenvalue weighted by Crippen LogP contribution is 2.24. The van der Waals surface area contributed by atoms with Gasteiger partial charge in [-0.15, -0.1) is 0 Å². The van der Waals surface area contributed by atoms with E-state index in [0.29, 0.717) is 17.6 Å². The second-order valence-corrected chi connectivity index (χ2v) is 6.37. The van der Waals surface area contributed by atoms with Gasteiger partial charge in [0.15, 0.2) is 12.2 Å². The van der Waals surface area contributed by atoms with E-state index in [1.807, 2.05) is 54.6 Å². The lowest BCUT2D eigenvalue weighted by Gasteiger charge is -2.17. The maximum Gasteiger partial charge on any atom is 0.258 e. The fourth-order valence-corrected chi connectivity index (χ4v) is 2.63. The average Bonchev–Trinajstić information content (AvgIpc) is 3.04. The highest BCUT2D eigenvalue weighted by atomic mass is 16.5. The second kappa shape index (κ2) is 7.83. The molecule has 1 amide bonds. The standard InChI is InChI=1S/C20H22N2O3/c1-14(2)12-17(20-22-16-10-6-7-11-18(16)25-20)21-19(23)13-24-15-8-4-3-5-9-15/h3-11,14,17H,12-13H2,1-2H3,(H,21,23)/t17-/m1/s1. The number of fused-ring (bicyclic) bond motifs is 1. The molecule has 2 aromatic carbocycles. The molecule has 0 aliphatic carbocycles. The molecular formula is C20H22N2O3. The molecule has 1 N–H and O–H groups in total. The van der Waals surface area contributed by atoms with E-state index in [-0.39, 0.29) is 18.6 Å². The summed E-state index contributed by atoms with van der Waals surface area (Å²) in [6.07, 6.45) is 0.740. The van der Waals surface area contributed by atoms with Gasteiger partial charge in [0, 0.05) is 0 Å². The summed E-state index contributed by atoms with van der Waals surface area (Å²) >= 11 is 0. The summed E-state index contributed by atoms with van der Waals surface area (Å²) in [6, 6.07) is 16.6. The lowest BCUT2D eigenvalue weighted by atomic mass is 10.0. The minimum atomic E-state index is -0.278. The van der Waals surface area contributed by atoms with E-state index in [2.05, 4.69) is 24.1 Å². The monoisotopic (exact) mass is 338 g/mol. The van der Waals surface area contributed by atoms with Crippen molar-refractivity contribution in [1.29, 1.82) is 0 Å². The third-order valence-corrected chi connectivity index (χ3v) is 3.76. The summed E-state index contributed by atoms with van der Waals surface area (Å²) in [5.74, 6) is 1.38. The van der Waals surface area contributed by atoms with Gasteiger partial charge in [-0.25, -0.2) is 4.98 Å². The number of para-hydroxylation sites is 3. The van der Waals surface area contributed by atoms with Crippen molar-refractivity contribution in [3.63, 3.8) is 0 Å². The van der Waals surface area contributed by atoms with Gasteiger partial charge in [0.25, 0.3) is 5.91 Å². The topological polar surface area (TPSA) is 64.4 Å². The Labute approximate surface area is 147 Å². The Morgan fingerprint density at radius 1 is 1.12 bits per heavy atom. The van der Waals surface area contributed by atoms with E-state index in [1.54, 1.807) is 0 Å². The number of amides is 1. The highest BCUT2D eigenvalue weighted by Gasteiger charge is 2.22. The van der Waals surface area contributed by atoms with E-state index >= 15 is 0 Å². The van der Waals surface area contributed by atoms with E-state index in [0.717, 1.165) is 17.5 Å². The van der Waals surface area contributed by atoms with Gasteiger partial charge >= 0.3 is 0 Å². The number of nitrogens with zero attached hydrogens (tertiary/aromatic N) is 1. The molecule has 0 saturated carbocycles. The molecule has 0 unspecified atom stereocenters. The predicted octanol–water partition coefficient (Wildman–Crippen LogP) is 4.11. The summed E-state index contributed by atoms with van der Waals surface area (Å²) in [5.41, 5.74) is 1.52. The number of rotatable bonds is 7. The normalized spacial score (nSPS) is 12.3. The fraction of sp³-hybridized carbons (Fsp3) is 0.300. The minimum absolute atomic E-state index is 0.0428. The van der Waals surface area contributed by atoms with Gasteiger partial charge in [-0.05, 0) is 36.6 Å². The Balaban J connectivity index is 1.68. The average molecular weight is 338 g/mol. The molecule has 0 spiro atoms. The molecule has 0 saturated heterocycles. The number of hydrogen-bond donors (Lipinski definition) is 1. The number of benzene rings is 2. The lowest BCUT2D eigenvalue weighted by Crippen LogP contribution is -2.33. The molecule has 5 nitrogen and oxygen atoms in total. The summed E-state index contributed by atoms with van der Waals surface area (Å²) in [5, 5.41) is 2.98. The number of aromatic nitrogens is 1. The maximum absolute atomic E-state index is 12.3. The van der Waals surface area contributed by atoms with Crippen molar-refractivity contribution >= 4 is 17.0 Å². The van der Waals surface area contributed by atoms with Crippen LogP contribution in [0.25, 0.3) is 11.1 Å². The Kier molecular flexibility index (Phi) is 5.33. The number of ether oxygens (including phenoxy) is 1. The van der Waals surface area contributed by atoms with Crippen LogP contribution in [0, 0.1) is 5.92 Å². The van der Waals surface area contributed by atoms with Gasteiger partial charge in [0.2, 0.25) is 5.89 Å². The molecule has 1 aromatic heterocycles. The summed E-state index contributed by atoms with van der Waals surface area (Å²) in [4.78, 5) is 16.8. The van der Waals surface area contributed by atoms with Crippen LogP contribution in [0.1, 0.15) is 32.2 Å². The third kappa shape index (κ3) is 4.59. The van der Waals surface area contributed by atoms with Crippen LogP contribution in [0.5, 0.6) is 5.75 Å². The summed E-state index contributed by atoms with van der Waals surface area (Å²) in [6.45, 7) is 4.16. The quantitative estimate of drug-likeness (QED) is 0.704. The van der Waals surface area contributed by atoms with Gasteiger partial charge in [0.1, 0.15) is 17.3 Å². The number of carbonyl (C=O) groups is 1. The van der Waals surface area contributed by atoms with E-state index in [4.69, 9.17) is 9.15 Å². The van der Waals surface area contributed by atoms with E-state index in [1.165, 1.54) is 0 Å². The number of carbonyl (C=O) groups excluding carboxylic acids is 1. The summed E-state index contributed by atoms with van der Waals surface area (Å²) in [7, 11) is 0. The lowest BCUT2D eigenvalue weighted by molar-refractivity contribution is -0.124. The van der Waals surface area contributed by atoms with Crippen molar-refractivity contribution in [2.75, 3.05) is 6.61 Å². The highest BCUT2D eigenvalue weighted by molar-refractivity contribution is 5.78. The zero-order chi connectivity index (χ0) is 17.6. The molecule has 0 aliphatic heterocycles. The molecule has 1 atom stereocenters. The number of oxazole rings is 1. The van der Waals surface area contributed by atoms with Gasteiger partial charge < -0.3 is 14.5 Å². The van der Waals surface area contributed by atoms with Crippen LogP contribution in [0.15, 0.2) is 59.0 Å². The summed E-state index contributed by atoms with van der Waals surface area (Å²) < 4.78 is 11.3. The number of nitrogens with one attached hydrogen (secondary N) is 1. The largest absolute Gasteiger partial charge is 0.484 e. The van der Waals surface area contributed by atoms with Crippen molar-refractivity contribution in [2.24, 2.45) is 5.92 Å². The molecule has 25 heavy (non-hydrogen) atoms. The van der Waals surface area contributed by atoms with Crippen molar-refractivity contribution in [1.82, 2.24) is 10.3 Å². The first kappa shape index (κ1) is 17.0. The molecule has 3 aromatic rings. The SMILES string of the molecule is CC(C)C[C@@H](NC(=O)COc1ccccc1)c1nc2ccccc2o1. The van der Waals surface area contributed by atoms with E-state index in [9.17, 15) is 4.79 Å². The zero-order valence-corrected chi connectivity index (χ0v) is 14.4. The molecule has 5 heteroatoms. The first-order valence-corrected chi connectivity index (χ1v) is 8.44. The van der Waals surface area contributed by atoms with Gasteiger partial charge in [-0.3, -0.25) is 4.79 Å². The van der Waals surface area contributed by atoms with Crippen molar-refractivity contribution in [3.8, 4) is 5.75 Å². The Hall–Kier alpha value is -2.82. The molecule has 1 heterocycles. The van der Waals surface area contributed by atoms with Crippen LogP contribution in [0.4, 0.5) is 0 Å². The molecule has 3 rings (SSSR count). The molecule has 130 valence electrons. The van der Waals surface area contributed by atoms with Crippen molar-refractivity contribution in [2.45, 2.75) is 26.3 Å². The van der Waals surface area contributed by atoms with Crippen LogP contribution in [-0.4, -0.2) is 17.5 Å². The van der Waals surface area contributed by atoms with Crippen LogP contribution in [0.3, 0.4) is 0 Å². The molecule has 0 bridgehead atoms. The number of hydrogen-bond acceptors (Lipinski definition) is 4. The Bertz CT molecular complexity index is 794. The maximum atomic E-state index is 12.3. The van der Waals surface area contributed by atoms with Gasteiger partial charge in [-0.2, -0.15) is 0 Å². The first-order valence-electron chi connectivity index (χ1n) is 8.44. The van der Waals surface area contributed by atoms with Gasteiger partial charge in [0.05, 0.1) is 0 Å². The third-order valence-electron chi connectivity index (χ3n) is 3.76. The van der Waals surface area contributed by atoms with Crippen LogP contribution in [0.2, 0.25) is 0 Å². The Morgan fingerprint density at radius 3 is 2.56 bits per heavy atom. The Morgan fingerprint density at radius 2 is 1.84 bits per heavy atom. The first-order chi connectivity index (χ1) is 12.1.